The fourth-order valence-corrected chi connectivity index (χ4v) is 5.54. The lowest BCUT2D eigenvalue weighted by atomic mass is 9.67. The third kappa shape index (κ3) is 4.73. The van der Waals surface area contributed by atoms with Crippen molar-refractivity contribution in [3.63, 3.8) is 0 Å². The molecule has 0 saturated carbocycles. The van der Waals surface area contributed by atoms with Crippen molar-refractivity contribution >= 4 is 33.4 Å². The first-order chi connectivity index (χ1) is 15.6. The molecule has 33 heavy (non-hydrogen) atoms. The van der Waals surface area contributed by atoms with Crippen molar-refractivity contribution in [2.24, 2.45) is 16.3 Å². The number of allylic oxidation sites excluding steroid dienone is 2. The smallest absolute Gasteiger partial charge is 0.315 e. The molecular formula is C25H30BrNO6. The van der Waals surface area contributed by atoms with Crippen LogP contribution < -0.4 is 4.74 Å². The fraction of sp³-hybridized carbons (Fsp3) is 0.560. The number of ether oxygens (including phenoxy) is 3. The molecule has 1 aromatic rings. The average Bonchev–Trinajstić information content (AvgIpc) is 3.25. The number of hydrogen-bond acceptors (Lipinski definition) is 7. The normalized spacial score (nSPS) is 26.6. The van der Waals surface area contributed by atoms with E-state index in [0.717, 1.165) is 18.5 Å². The van der Waals surface area contributed by atoms with Gasteiger partial charge in [-0.3, -0.25) is 14.6 Å². The zero-order valence-corrected chi connectivity index (χ0v) is 21.0. The molecule has 0 bridgehead atoms. The number of nitrogens with zero attached hydrogens (tertiary/aromatic N) is 1. The lowest BCUT2D eigenvalue weighted by Gasteiger charge is -2.39. The average molecular weight is 520 g/mol. The van der Waals surface area contributed by atoms with Gasteiger partial charge in [0.15, 0.2) is 17.3 Å². The standard InChI is InChI=1S/C25H30BrNO6/c1-13-20(24(30)33-12-15-6-5-7-32-15)21(14-8-16(26)23(29)19(9-14)31-4)22-17(27-13)10-25(2,3)11-18(22)28/h8-9,15,20-21,29H,5-7,10-12H2,1-4H3/t15-,20?,21+/m1/s1. The van der Waals surface area contributed by atoms with Gasteiger partial charge in [0.1, 0.15) is 12.5 Å². The Morgan fingerprint density at radius 2 is 2.09 bits per heavy atom. The van der Waals surface area contributed by atoms with Crippen molar-refractivity contribution in [3.05, 3.63) is 33.4 Å². The van der Waals surface area contributed by atoms with Crippen LogP contribution in [0.3, 0.4) is 0 Å². The van der Waals surface area contributed by atoms with Crippen molar-refractivity contribution in [1.82, 2.24) is 0 Å². The van der Waals surface area contributed by atoms with Gasteiger partial charge in [-0.15, -0.1) is 0 Å². The number of halogens is 1. The molecule has 4 rings (SSSR count). The Morgan fingerprint density at radius 3 is 2.76 bits per heavy atom. The summed E-state index contributed by atoms with van der Waals surface area (Å²) in [7, 11) is 1.46. The third-order valence-corrected chi connectivity index (χ3v) is 7.23. The van der Waals surface area contributed by atoms with Gasteiger partial charge < -0.3 is 19.3 Å². The Kier molecular flexibility index (Phi) is 6.69. The number of benzene rings is 1. The van der Waals surface area contributed by atoms with Gasteiger partial charge >= 0.3 is 5.97 Å². The first kappa shape index (κ1) is 24.0. The van der Waals surface area contributed by atoms with Crippen molar-refractivity contribution in [1.29, 1.82) is 0 Å². The number of esters is 1. The van der Waals surface area contributed by atoms with E-state index in [2.05, 4.69) is 29.8 Å². The van der Waals surface area contributed by atoms with Gasteiger partial charge in [-0.25, -0.2) is 0 Å². The predicted octanol–water partition coefficient (Wildman–Crippen LogP) is 4.70. The number of Topliss-reactive ketones (excluding diaryl/α,β-unsaturated/α-hetero) is 1. The summed E-state index contributed by atoms with van der Waals surface area (Å²) in [5.74, 6) is -1.55. The van der Waals surface area contributed by atoms with Gasteiger partial charge in [-0.05, 0) is 65.2 Å². The number of aromatic hydroxyl groups is 1. The minimum atomic E-state index is -0.753. The van der Waals surface area contributed by atoms with Crippen LogP contribution in [0.25, 0.3) is 0 Å². The predicted molar refractivity (Wildman–Crippen MR) is 127 cm³/mol. The molecule has 3 aliphatic rings. The second-order valence-electron chi connectivity index (χ2n) is 9.83. The Hall–Kier alpha value is -2.19. The number of carbonyl (C=O) groups is 2. The molecule has 1 saturated heterocycles. The van der Waals surface area contributed by atoms with Crippen LogP contribution in [0.15, 0.2) is 32.9 Å². The zero-order chi connectivity index (χ0) is 23.9. The van der Waals surface area contributed by atoms with Gasteiger partial charge in [-0.1, -0.05) is 13.8 Å². The van der Waals surface area contributed by atoms with Crippen molar-refractivity contribution in [2.75, 3.05) is 20.3 Å². The second-order valence-corrected chi connectivity index (χ2v) is 10.7. The van der Waals surface area contributed by atoms with Crippen LogP contribution in [0.4, 0.5) is 0 Å². The van der Waals surface area contributed by atoms with Crippen LogP contribution in [-0.2, 0) is 19.1 Å². The van der Waals surface area contributed by atoms with Gasteiger partial charge in [0.25, 0.3) is 0 Å². The highest BCUT2D eigenvalue weighted by Crippen LogP contribution is 2.49. The summed E-state index contributed by atoms with van der Waals surface area (Å²) >= 11 is 3.38. The van der Waals surface area contributed by atoms with E-state index in [0.29, 0.717) is 40.8 Å². The number of methoxy groups -OCH3 is 1. The first-order valence-electron chi connectivity index (χ1n) is 11.3. The van der Waals surface area contributed by atoms with Crippen molar-refractivity contribution in [3.8, 4) is 11.5 Å². The van der Waals surface area contributed by atoms with Crippen LogP contribution in [0.1, 0.15) is 57.9 Å². The molecule has 178 valence electrons. The SMILES string of the molecule is COc1cc([C@@H]2C3=C(CC(C)(C)CC3=O)N=C(C)C2C(=O)OC[C@H]2CCCO2)cc(Br)c1O. The highest BCUT2D eigenvalue weighted by atomic mass is 79.9. The molecule has 1 N–H and O–H groups in total. The Morgan fingerprint density at radius 1 is 1.33 bits per heavy atom. The molecule has 0 radical (unpaired) electrons. The number of phenols is 1. The molecule has 1 aromatic carbocycles. The molecule has 7 nitrogen and oxygen atoms in total. The summed E-state index contributed by atoms with van der Waals surface area (Å²) in [4.78, 5) is 31.5. The van der Waals surface area contributed by atoms with E-state index >= 15 is 0 Å². The van der Waals surface area contributed by atoms with E-state index in [-0.39, 0.29) is 35.4 Å². The first-order valence-corrected chi connectivity index (χ1v) is 12.1. The Bertz CT molecular complexity index is 1040. The van der Waals surface area contributed by atoms with Gasteiger partial charge in [0, 0.05) is 35.9 Å². The molecule has 2 aliphatic heterocycles. The van der Waals surface area contributed by atoms with E-state index in [1.54, 1.807) is 12.1 Å². The van der Waals surface area contributed by atoms with E-state index < -0.39 is 17.8 Å². The number of aliphatic imine (C=N–C) groups is 1. The number of carbonyl (C=O) groups excluding carboxylic acids is 2. The maximum absolute atomic E-state index is 13.4. The van der Waals surface area contributed by atoms with Crippen LogP contribution in [0.2, 0.25) is 0 Å². The summed E-state index contributed by atoms with van der Waals surface area (Å²) in [6.45, 7) is 6.78. The lowest BCUT2D eigenvalue weighted by Crippen LogP contribution is -2.40. The summed E-state index contributed by atoms with van der Waals surface area (Å²) in [5, 5.41) is 10.3. The van der Waals surface area contributed by atoms with Crippen molar-refractivity contribution < 1.29 is 28.9 Å². The molecule has 1 fully saturated rings. The molecule has 1 unspecified atom stereocenters. The summed E-state index contributed by atoms with van der Waals surface area (Å²) in [6, 6.07) is 3.42. The van der Waals surface area contributed by atoms with Crippen LogP contribution in [0, 0.1) is 11.3 Å². The van der Waals surface area contributed by atoms with E-state index in [1.165, 1.54) is 7.11 Å². The molecule has 2 heterocycles. The summed E-state index contributed by atoms with van der Waals surface area (Å²) < 4.78 is 17.0. The molecule has 0 aromatic heterocycles. The lowest BCUT2D eigenvalue weighted by molar-refractivity contribution is -0.149. The molecular weight excluding hydrogens is 490 g/mol. The maximum atomic E-state index is 13.4. The van der Waals surface area contributed by atoms with E-state index in [9.17, 15) is 14.7 Å². The number of rotatable bonds is 5. The highest BCUT2D eigenvalue weighted by Gasteiger charge is 2.46. The fourth-order valence-electron chi connectivity index (χ4n) is 5.08. The molecule has 1 aliphatic carbocycles. The van der Waals surface area contributed by atoms with E-state index in [1.807, 2.05) is 6.92 Å². The Balaban J connectivity index is 1.78. The quantitative estimate of drug-likeness (QED) is 0.566. The van der Waals surface area contributed by atoms with Crippen molar-refractivity contribution in [2.45, 2.75) is 58.5 Å². The molecule has 3 atom stereocenters. The topological polar surface area (TPSA) is 94.4 Å². The van der Waals surface area contributed by atoms with Gasteiger partial charge in [-0.2, -0.15) is 0 Å². The molecule has 8 heteroatoms. The monoisotopic (exact) mass is 519 g/mol. The number of hydrogen-bond donors (Lipinski definition) is 1. The third-order valence-electron chi connectivity index (χ3n) is 6.62. The molecule has 0 amide bonds. The van der Waals surface area contributed by atoms with Gasteiger partial charge in [0.05, 0.1) is 17.7 Å². The summed E-state index contributed by atoms with van der Waals surface area (Å²) in [6.07, 6.45) is 2.75. The van der Waals surface area contributed by atoms with Crippen LogP contribution in [-0.4, -0.2) is 49.0 Å². The number of ketones is 1. The molecule has 0 spiro atoms. The van der Waals surface area contributed by atoms with E-state index in [4.69, 9.17) is 19.2 Å². The summed E-state index contributed by atoms with van der Waals surface area (Å²) in [5.41, 5.74) is 2.38. The minimum Gasteiger partial charge on any atom is -0.503 e. The largest absolute Gasteiger partial charge is 0.503 e. The number of phenolic OH excluding ortho intramolecular Hbond substituents is 1. The van der Waals surface area contributed by atoms with Crippen LogP contribution in [0.5, 0.6) is 11.5 Å². The minimum absolute atomic E-state index is 0.0115. The maximum Gasteiger partial charge on any atom is 0.315 e. The second kappa shape index (κ2) is 9.22. The van der Waals surface area contributed by atoms with Crippen LogP contribution >= 0.6 is 15.9 Å². The Labute approximate surface area is 202 Å². The zero-order valence-electron chi connectivity index (χ0n) is 19.4. The van der Waals surface area contributed by atoms with Gasteiger partial charge in [0.2, 0.25) is 0 Å². The highest BCUT2D eigenvalue weighted by molar-refractivity contribution is 9.10.